The van der Waals surface area contributed by atoms with Crippen molar-refractivity contribution in [3.63, 3.8) is 0 Å². The Labute approximate surface area is 71.9 Å². The molecule has 0 saturated carbocycles. The predicted octanol–water partition coefficient (Wildman–Crippen LogP) is 2.62. The van der Waals surface area contributed by atoms with Crippen LogP contribution in [0.3, 0.4) is 0 Å². The van der Waals surface area contributed by atoms with Gasteiger partial charge in [-0.05, 0) is 12.1 Å². The highest BCUT2D eigenvalue weighted by molar-refractivity contribution is 8.74. The predicted molar refractivity (Wildman–Crippen MR) is 46.9 cm³/mol. The second-order valence-corrected chi connectivity index (χ2v) is 3.73. The minimum absolute atomic E-state index is 0.419. The van der Waals surface area contributed by atoms with E-state index in [1.807, 2.05) is 30.3 Å². The highest BCUT2D eigenvalue weighted by Gasteiger charge is 2.02. The second kappa shape index (κ2) is 4.25. The van der Waals surface area contributed by atoms with Gasteiger partial charge in [0.1, 0.15) is 4.33 Å². The van der Waals surface area contributed by atoms with E-state index in [-0.39, 0.29) is 0 Å². The van der Waals surface area contributed by atoms with Crippen molar-refractivity contribution in [3.05, 3.63) is 40.4 Å². The maximum absolute atomic E-state index is 9.92. The molecule has 0 atom stereocenters. The van der Waals surface area contributed by atoms with E-state index in [4.69, 9.17) is 0 Å². The Morgan fingerprint density at radius 3 is 2.45 bits per heavy atom. The lowest BCUT2D eigenvalue weighted by molar-refractivity contribution is -0.280. The molecular formula is C6H5NO2S2. The van der Waals surface area contributed by atoms with E-state index in [0.29, 0.717) is 11.0 Å². The average Bonchev–Trinajstić information content (AvgIpc) is 2.03. The number of rotatable bonds is 3. The molecule has 0 aliphatic carbocycles. The molecule has 0 unspecified atom stereocenters. The molecule has 0 bridgehead atoms. The number of hydrogen-bond donors (Lipinski definition) is 0. The summed E-state index contributed by atoms with van der Waals surface area (Å²) in [6.07, 6.45) is 0. The van der Waals surface area contributed by atoms with E-state index in [0.717, 1.165) is 15.7 Å². The summed E-state index contributed by atoms with van der Waals surface area (Å²) in [5.41, 5.74) is 0. The van der Waals surface area contributed by atoms with Gasteiger partial charge >= 0.3 is 11.0 Å². The van der Waals surface area contributed by atoms with Gasteiger partial charge in [0.05, 0.1) is 0 Å². The van der Waals surface area contributed by atoms with Crippen LogP contribution in [0.15, 0.2) is 35.2 Å². The van der Waals surface area contributed by atoms with Crippen LogP contribution in [0.1, 0.15) is 0 Å². The van der Waals surface area contributed by atoms with Gasteiger partial charge < -0.3 is 0 Å². The third-order valence-electron chi connectivity index (χ3n) is 0.938. The molecular weight excluding hydrogens is 182 g/mol. The van der Waals surface area contributed by atoms with Gasteiger partial charge in [-0.3, -0.25) is 0 Å². The third-order valence-corrected chi connectivity index (χ3v) is 2.76. The molecule has 0 heterocycles. The summed E-state index contributed by atoms with van der Waals surface area (Å²) in [6, 6.07) is 9.24. The summed E-state index contributed by atoms with van der Waals surface area (Å²) in [7, 11) is 1.77. The summed E-state index contributed by atoms with van der Waals surface area (Å²) in [5.74, 6) is 0. The van der Waals surface area contributed by atoms with Gasteiger partial charge in [0.15, 0.2) is 0 Å². The van der Waals surface area contributed by atoms with Crippen LogP contribution in [-0.2, 0) is 0 Å². The number of hydrogen-bond acceptors (Lipinski definition) is 4. The van der Waals surface area contributed by atoms with Crippen molar-refractivity contribution >= 4 is 21.8 Å². The van der Waals surface area contributed by atoms with Crippen molar-refractivity contribution < 1.29 is 4.33 Å². The minimum Gasteiger partial charge on any atom is -0.250 e. The Kier molecular flexibility index (Phi) is 3.25. The molecule has 1 aromatic carbocycles. The van der Waals surface area contributed by atoms with Crippen LogP contribution < -0.4 is 0 Å². The SMILES string of the molecule is O=[N+]([O-])SSc1ccccc1. The first kappa shape index (κ1) is 8.42. The van der Waals surface area contributed by atoms with Crippen molar-refractivity contribution in [3.8, 4) is 0 Å². The Bertz CT molecular complexity index is 240. The van der Waals surface area contributed by atoms with Gasteiger partial charge in [0, 0.05) is 15.7 Å². The number of nitro groups is 1. The lowest BCUT2D eigenvalue weighted by Crippen LogP contribution is -1.76. The van der Waals surface area contributed by atoms with Crippen molar-refractivity contribution in [2.75, 3.05) is 0 Å². The molecule has 11 heavy (non-hydrogen) atoms. The van der Waals surface area contributed by atoms with Crippen LogP contribution in [0.5, 0.6) is 0 Å². The Balaban J connectivity index is 2.45. The molecule has 3 nitrogen and oxygen atoms in total. The minimum atomic E-state index is -0.419. The van der Waals surface area contributed by atoms with Crippen molar-refractivity contribution in [1.82, 2.24) is 0 Å². The smallest absolute Gasteiger partial charge is 0.250 e. The largest absolute Gasteiger partial charge is 0.305 e. The van der Waals surface area contributed by atoms with Gasteiger partial charge in [0.25, 0.3) is 0 Å². The summed E-state index contributed by atoms with van der Waals surface area (Å²) < 4.78 is -0.419. The van der Waals surface area contributed by atoms with E-state index in [9.17, 15) is 10.1 Å². The molecule has 58 valence electrons. The van der Waals surface area contributed by atoms with Crippen molar-refractivity contribution in [1.29, 1.82) is 0 Å². The van der Waals surface area contributed by atoms with E-state index >= 15 is 0 Å². The molecule has 1 aromatic rings. The zero-order valence-corrected chi connectivity index (χ0v) is 7.10. The van der Waals surface area contributed by atoms with E-state index < -0.39 is 4.33 Å². The lowest BCUT2D eigenvalue weighted by Gasteiger charge is -1.90. The quantitative estimate of drug-likeness (QED) is 0.316. The molecule has 0 N–H and O–H groups in total. The maximum Gasteiger partial charge on any atom is 0.305 e. The summed E-state index contributed by atoms with van der Waals surface area (Å²) in [5, 5.41) is 9.92. The topological polar surface area (TPSA) is 43.1 Å². The van der Waals surface area contributed by atoms with Crippen LogP contribution in [0.2, 0.25) is 0 Å². The molecule has 0 aromatic heterocycles. The number of nitrogens with zero attached hydrogens (tertiary/aromatic N) is 1. The fourth-order valence-electron chi connectivity index (χ4n) is 0.550. The Morgan fingerprint density at radius 2 is 1.91 bits per heavy atom. The highest BCUT2D eigenvalue weighted by Crippen LogP contribution is 2.30. The van der Waals surface area contributed by atoms with Gasteiger partial charge in [-0.1, -0.05) is 18.2 Å². The molecule has 0 aliphatic rings. The maximum atomic E-state index is 9.92. The third kappa shape index (κ3) is 3.29. The molecule has 0 fully saturated rings. The van der Waals surface area contributed by atoms with Gasteiger partial charge in [-0.2, -0.15) is 0 Å². The average molecular weight is 187 g/mol. The highest BCUT2D eigenvalue weighted by atomic mass is 33.1. The Morgan fingerprint density at radius 1 is 1.27 bits per heavy atom. The van der Waals surface area contributed by atoms with E-state index in [1.54, 1.807) is 0 Å². The zero-order valence-electron chi connectivity index (χ0n) is 5.47. The van der Waals surface area contributed by atoms with Gasteiger partial charge in [-0.25, -0.2) is 10.1 Å². The normalized spacial score (nSPS) is 9.45. The number of benzene rings is 1. The first-order valence-electron chi connectivity index (χ1n) is 2.83. The summed E-state index contributed by atoms with van der Waals surface area (Å²) in [6.45, 7) is 0. The Hall–Kier alpha value is -0.680. The first-order valence-corrected chi connectivity index (χ1v) is 4.94. The fraction of sp³-hybridized carbons (Fsp3) is 0. The van der Waals surface area contributed by atoms with E-state index in [1.165, 1.54) is 0 Å². The van der Waals surface area contributed by atoms with Gasteiger partial charge in [0.2, 0.25) is 0 Å². The monoisotopic (exact) mass is 187 g/mol. The van der Waals surface area contributed by atoms with Crippen LogP contribution >= 0.6 is 21.8 Å². The molecule has 0 aliphatic heterocycles. The van der Waals surface area contributed by atoms with Crippen LogP contribution in [0.4, 0.5) is 0 Å². The van der Waals surface area contributed by atoms with Crippen LogP contribution in [0.25, 0.3) is 0 Å². The summed E-state index contributed by atoms with van der Waals surface area (Å²) >= 11 is 0. The molecule has 0 radical (unpaired) electrons. The second-order valence-electron chi connectivity index (χ2n) is 1.69. The standard InChI is InChI=1S/C6H5NO2S2/c8-7(9)11-10-6-4-2-1-3-5-6/h1-5H. The summed E-state index contributed by atoms with van der Waals surface area (Å²) in [4.78, 5) is 10.8. The van der Waals surface area contributed by atoms with Crippen LogP contribution in [-0.4, -0.2) is 4.33 Å². The van der Waals surface area contributed by atoms with Gasteiger partial charge in [-0.15, -0.1) is 0 Å². The molecule has 0 spiro atoms. The van der Waals surface area contributed by atoms with Crippen LogP contribution in [0, 0.1) is 10.1 Å². The first-order chi connectivity index (χ1) is 5.29. The molecule has 1 rings (SSSR count). The fourth-order valence-corrected chi connectivity index (χ4v) is 1.74. The zero-order chi connectivity index (χ0) is 8.10. The van der Waals surface area contributed by atoms with E-state index in [2.05, 4.69) is 0 Å². The molecule has 5 heteroatoms. The lowest BCUT2D eigenvalue weighted by atomic mass is 10.4. The van der Waals surface area contributed by atoms with Crippen molar-refractivity contribution in [2.45, 2.75) is 4.90 Å². The molecule has 0 saturated heterocycles. The van der Waals surface area contributed by atoms with Crippen molar-refractivity contribution in [2.24, 2.45) is 0 Å². The molecule has 0 amide bonds.